The maximum atomic E-state index is 4.41. The molecule has 0 atom stereocenters. The lowest BCUT2D eigenvalue weighted by Crippen LogP contribution is -2.10. The van der Waals surface area contributed by atoms with Gasteiger partial charge >= 0.3 is 0 Å². The first-order chi connectivity index (χ1) is 8.20. The fourth-order valence-corrected chi connectivity index (χ4v) is 1.87. The molecule has 1 heterocycles. The van der Waals surface area contributed by atoms with E-state index in [1.54, 1.807) is 18.0 Å². The zero-order valence-corrected chi connectivity index (χ0v) is 11.0. The second-order valence-electron chi connectivity index (χ2n) is 3.88. The first-order valence-corrected chi connectivity index (χ1v) is 6.57. The van der Waals surface area contributed by atoms with Crippen LogP contribution in [-0.2, 0) is 0 Å². The molecule has 1 aromatic carbocycles. The second kappa shape index (κ2) is 5.19. The fourth-order valence-electron chi connectivity index (χ4n) is 1.46. The quantitative estimate of drug-likeness (QED) is 0.777. The number of hydrogen-bond acceptors (Lipinski definition) is 4. The van der Waals surface area contributed by atoms with Crippen LogP contribution in [0.1, 0.15) is 0 Å². The van der Waals surface area contributed by atoms with Gasteiger partial charge in [0.05, 0.1) is 18.1 Å². The average Bonchev–Trinajstić information content (AvgIpc) is 2.39. The summed E-state index contributed by atoms with van der Waals surface area (Å²) in [5, 5.41) is 0. The Labute approximate surface area is 106 Å². The fraction of sp³-hybridized carbons (Fsp3) is 0.231. The summed E-state index contributed by atoms with van der Waals surface area (Å²) < 4.78 is 0. The van der Waals surface area contributed by atoms with Crippen LogP contribution >= 0.6 is 11.8 Å². The first-order valence-electron chi connectivity index (χ1n) is 5.34. The molecule has 17 heavy (non-hydrogen) atoms. The van der Waals surface area contributed by atoms with Crippen molar-refractivity contribution in [1.29, 1.82) is 0 Å². The first kappa shape index (κ1) is 11.9. The predicted octanol–water partition coefficient (Wildman–Crippen LogP) is 2.93. The van der Waals surface area contributed by atoms with Crippen LogP contribution in [0, 0.1) is 0 Å². The van der Waals surface area contributed by atoms with Gasteiger partial charge < -0.3 is 4.90 Å². The van der Waals surface area contributed by atoms with E-state index in [9.17, 15) is 0 Å². The number of benzene rings is 1. The van der Waals surface area contributed by atoms with Crippen LogP contribution in [0.4, 0.5) is 5.82 Å². The highest BCUT2D eigenvalue weighted by atomic mass is 32.2. The van der Waals surface area contributed by atoms with Gasteiger partial charge in [-0.3, -0.25) is 4.98 Å². The Morgan fingerprint density at radius 2 is 1.71 bits per heavy atom. The predicted molar refractivity (Wildman–Crippen MR) is 73.6 cm³/mol. The van der Waals surface area contributed by atoms with Crippen LogP contribution in [0.3, 0.4) is 0 Å². The van der Waals surface area contributed by atoms with Crippen molar-refractivity contribution < 1.29 is 0 Å². The van der Waals surface area contributed by atoms with Crippen molar-refractivity contribution in [2.45, 2.75) is 4.90 Å². The zero-order chi connectivity index (χ0) is 12.3. The van der Waals surface area contributed by atoms with E-state index in [0.29, 0.717) is 0 Å². The molecule has 0 N–H and O–H groups in total. The van der Waals surface area contributed by atoms with E-state index in [0.717, 1.165) is 17.1 Å². The van der Waals surface area contributed by atoms with Gasteiger partial charge in [0.1, 0.15) is 5.82 Å². The van der Waals surface area contributed by atoms with E-state index in [2.05, 4.69) is 40.5 Å². The molecule has 0 amide bonds. The molecule has 0 spiro atoms. The largest absolute Gasteiger partial charge is 0.361 e. The van der Waals surface area contributed by atoms with Crippen LogP contribution in [-0.4, -0.2) is 30.3 Å². The van der Waals surface area contributed by atoms with E-state index in [1.165, 1.54) is 4.90 Å². The highest BCUT2D eigenvalue weighted by Gasteiger charge is 2.02. The van der Waals surface area contributed by atoms with E-state index >= 15 is 0 Å². The molecule has 0 bridgehead atoms. The normalized spacial score (nSPS) is 10.3. The third-order valence-electron chi connectivity index (χ3n) is 2.48. The maximum absolute atomic E-state index is 4.41. The summed E-state index contributed by atoms with van der Waals surface area (Å²) in [5.74, 6) is 0.870. The minimum absolute atomic E-state index is 0.870. The standard InChI is InChI=1S/C13H15N3S/c1-16(2)13-9-14-12(8-15-13)10-4-6-11(17-3)7-5-10/h4-9H,1-3H3. The van der Waals surface area contributed by atoms with Crippen LogP contribution < -0.4 is 4.90 Å². The molecule has 1 aromatic heterocycles. The van der Waals surface area contributed by atoms with Gasteiger partial charge in [0.25, 0.3) is 0 Å². The Morgan fingerprint density at radius 1 is 1.00 bits per heavy atom. The minimum Gasteiger partial charge on any atom is -0.361 e. The van der Waals surface area contributed by atoms with Crippen LogP contribution in [0.15, 0.2) is 41.6 Å². The molecule has 0 saturated carbocycles. The summed E-state index contributed by atoms with van der Waals surface area (Å²) >= 11 is 1.74. The lowest BCUT2D eigenvalue weighted by Gasteiger charge is -2.10. The molecule has 88 valence electrons. The number of rotatable bonds is 3. The third kappa shape index (κ3) is 2.77. The summed E-state index contributed by atoms with van der Waals surface area (Å²) in [6.45, 7) is 0. The van der Waals surface area contributed by atoms with E-state index in [-0.39, 0.29) is 0 Å². The molecule has 0 fully saturated rings. The summed E-state index contributed by atoms with van der Waals surface area (Å²) in [7, 11) is 3.91. The Balaban J connectivity index is 2.26. The summed E-state index contributed by atoms with van der Waals surface area (Å²) in [5.41, 5.74) is 2.00. The van der Waals surface area contributed by atoms with Gasteiger partial charge in [0.15, 0.2) is 0 Å². The Morgan fingerprint density at radius 3 is 2.18 bits per heavy atom. The monoisotopic (exact) mass is 245 g/mol. The Hall–Kier alpha value is -1.55. The van der Waals surface area contributed by atoms with Gasteiger partial charge in [-0.1, -0.05) is 12.1 Å². The van der Waals surface area contributed by atoms with E-state index in [1.807, 2.05) is 25.2 Å². The summed E-state index contributed by atoms with van der Waals surface area (Å²) in [6, 6.07) is 8.35. The van der Waals surface area contributed by atoms with Crippen molar-refractivity contribution in [2.24, 2.45) is 0 Å². The van der Waals surface area contributed by atoms with Gasteiger partial charge in [0.2, 0.25) is 0 Å². The summed E-state index contributed by atoms with van der Waals surface area (Å²) in [6.07, 6.45) is 5.67. The molecule has 0 unspecified atom stereocenters. The number of anilines is 1. The molecule has 0 aliphatic heterocycles. The molecule has 4 heteroatoms. The molecule has 2 aromatic rings. The smallest absolute Gasteiger partial charge is 0.146 e. The summed E-state index contributed by atoms with van der Waals surface area (Å²) in [4.78, 5) is 12.0. The van der Waals surface area contributed by atoms with Crippen molar-refractivity contribution in [1.82, 2.24) is 9.97 Å². The molecule has 0 aliphatic rings. The molecular formula is C13H15N3S. The van der Waals surface area contributed by atoms with Crippen LogP contribution in [0.5, 0.6) is 0 Å². The lowest BCUT2D eigenvalue weighted by molar-refractivity contribution is 1.04. The SMILES string of the molecule is CSc1ccc(-c2cnc(N(C)C)cn2)cc1. The van der Waals surface area contributed by atoms with Crippen molar-refractivity contribution >= 4 is 17.6 Å². The third-order valence-corrected chi connectivity index (χ3v) is 3.23. The van der Waals surface area contributed by atoms with Gasteiger partial charge in [-0.2, -0.15) is 0 Å². The molecule has 0 radical (unpaired) electrons. The second-order valence-corrected chi connectivity index (χ2v) is 4.76. The van der Waals surface area contributed by atoms with Gasteiger partial charge in [-0.15, -0.1) is 11.8 Å². The molecule has 0 saturated heterocycles. The highest BCUT2D eigenvalue weighted by molar-refractivity contribution is 7.98. The molecular weight excluding hydrogens is 230 g/mol. The Kier molecular flexibility index (Phi) is 3.64. The number of aromatic nitrogens is 2. The number of hydrogen-bond donors (Lipinski definition) is 0. The molecule has 3 nitrogen and oxygen atoms in total. The van der Waals surface area contributed by atoms with Crippen molar-refractivity contribution in [3.63, 3.8) is 0 Å². The lowest BCUT2D eigenvalue weighted by atomic mass is 10.2. The van der Waals surface area contributed by atoms with Gasteiger partial charge in [-0.25, -0.2) is 4.98 Å². The van der Waals surface area contributed by atoms with Crippen molar-refractivity contribution in [2.75, 3.05) is 25.3 Å². The maximum Gasteiger partial charge on any atom is 0.146 e. The van der Waals surface area contributed by atoms with Gasteiger partial charge in [-0.05, 0) is 18.4 Å². The van der Waals surface area contributed by atoms with Gasteiger partial charge in [0, 0.05) is 24.6 Å². The number of thioether (sulfide) groups is 1. The van der Waals surface area contributed by atoms with Crippen LogP contribution in [0.25, 0.3) is 11.3 Å². The van der Waals surface area contributed by atoms with Crippen LogP contribution in [0.2, 0.25) is 0 Å². The minimum atomic E-state index is 0.870. The van der Waals surface area contributed by atoms with E-state index in [4.69, 9.17) is 0 Å². The van der Waals surface area contributed by atoms with E-state index < -0.39 is 0 Å². The zero-order valence-electron chi connectivity index (χ0n) is 10.2. The Bertz CT molecular complexity index is 477. The molecule has 0 aliphatic carbocycles. The van der Waals surface area contributed by atoms with Crippen molar-refractivity contribution in [3.05, 3.63) is 36.7 Å². The molecule has 2 rings (SSSR count). The average molecular weight is 245 g/mol. The highest BCUT2D eigenvalue weighted by Crippen LogP contribution is 2.21. The topological polar surface area (TPSA) is 29.0 Å². The number of nitrogens with zero attached hydrogens (tertiary/aromatic N) is 3. The van der Waals surface area contributed by atoms with Crippen molar-refractivity contribution in [3.8, 4) is 11.3 Å².